The SMILES string of the molecule is O=C(O)CC[C@H](NC(=O)c1cc(N2CCC=N2)nc(-c2ccccc2)n1)C(=O)N1CCN(C(=O)O)CC1. The van der Waals surface area contributed by atoms with Gasteiger partial charge in [0.2, 0.25) is 5.91 Å². The minimum absolute atomic E-state index is 0.00905. The van der Waals surface area contributed by atoms with Gasteiger partial charge in [0.05, 0.1) is 0 Å². The van der Waals surface area contributed by atoms with Crippen molar-refractivity contribution in [2.45, 2.75) is 25.3 Å². The van der Waals surface area contributed by atoms with Crippen molar-refractivity contribution in [2.24, 2.45) is 5.10 Å². The Labute approximate surface area is 212 Å². The van der Waals surface area contributed by atoms with Crippen LogP contribution in [0.4, 0.5) is 10.6 Å². The van der Waals surface area contributed by atoms with Gasteiger partial charge in [-0.1, -0.05) is 30.3 Å². The zero-order valence-electron chi connectivity index (χ0n) is 20.0. The van der Waals surface area contributed by atoms with Crippen molar-refractivity contribution in [3.8, 4) is 11.4 Å². The summed E-state index contributed by atoms with van der Waals surface area (Å²) in [6, 6.07) is 9.47. The molecule has 1 atom stereocenters. The molecule has 0 saturated carbocycles. The molecule has 0 unspecified atom stereocenters. The van der Waals surface area contributed by atoms with Crippen LogP contribution in [0.25, 0.3) is 11.4 Å². The largest absolute Gasteiger partial charge is 0.481 e. The van der Waals surface area contributed by atoms with Crippen LogP contribution in [0.1, 0.15) is 29.8 Å². The summed E-state index contributed by atoms with van der Waals surface area (Å²) < 4.78 is 0. The average molecular weight is 510 g/mol. The molecular weight excluding hydrogens is 482 g/mol. The molecular formula is C24H27N7O6. The van der Waals surface area contributed by atoms with Gasteiger partial charge in [-0.2, -0.15) is 5.10 Å². The number of carboxylic acids is 1. The smallest absolute Gasteiger partial charge is 0.407 e. The number of nitrogens with zero attached hydrogens (tertiary/aromatic N) is 6. The van der Waals surface area contributed by atoms with E-state index >= 15 is 0 Å². The fourth-order valence-electron chi connectivity index (χ4n) is 4.06. The number of nitrogens with one attached hydrogen (secondary N) is 1. The predicted molar refractivity (Wildman–Crippen MR) is 132 cm³/mol. The van der Waals surface area contributed by atoms with Gasteiger partial charge in [-0.3, -0.25) is 14.4 Å². The second-order valence-corrected chi connectivity index (χ2v) is 8.56. The van der Waals surface area contributed by atoms with Gasteiger partial charge in [-0.05, 0) is 6.42 Å². The lowest BCUT2D eigenvalue weighted by Crippen LogP contribution is -2.55. The third-order valence-corrected chi connectivity index (χ3v) is 6.04. The summed E-state index contributed by atoms with van der Waals surface area (Å²) in [5, 5.41) is 26.9. The van der Waals surface area contributed by atoms with Crippen LogP contribution >= 0.6 is 0 Å². The second kappa shape index (κ2) is 11.5. The van der Waals surface area contributed by atoms with Crippen molar-refractivity contribution in [3.63, 3.8) is 0 Å². The predicted octanol–water partition coefficient (Wildman–Crippen LogP) is 1.12. The zero-order chi connectivity index (χ0) is 26.4. The Morgan fingerprint density at radius 2 is 1.65 bits per heavy atom. The molecule has 3 N–H and O–H groups in total. The van der Waals surface area contributed by atoms with Gasteiger partial charge >= 0.3 is 12.1 Å². The first-order chi connectivity index (χ1) is 17.8. The molecule has 1 fully saturated rings. The molecule has 0 aliphatic carbocycles. The van der Waals surface area contributed by atoms with Crippen LogP contribution in [0, 0.1) is 0 Å². The van der Waals surface area contributed by atoms with E-state index in [9.17, 15) is 24.3 Å². The Hall–Kier alpha value is -4.55. The Balaban J connectivity index is 1.57. The summed E-state index contributed by atoms with van der Waals surface area (Å²) >= 11 is 0. The van der Waals surface area contributed by atoms with Crippen LogP contribution in [0.15, 0.2) is 41.5 Å². The van der Waals surface area contributed by atoms with Gasteiger partial charge in [0, 0.05) is 63.4 Å². The Morgan fingerprint density at radius 1 is 0.946 bits per heavy atom. The van der Waals surface area contributed by atoms with Gasteiger partial charge in [-0.15, -0.1) is 0 Å². The molecule has 4 rings (SSSR count). The highest BCUT2D eigenvalue weighted by atomic mass is 16.4. The molecule has 1 aromatic heterocycles. The lowest BCUT2D eigenvalue weighted by molar-refractivity contribution is -0.138. The number of rotatable bonds is 8. The van der Waals surface area contributed by atoms with Crippen LogP contribution in [-0.4, -0.2) is 98.8 Å². The van der Waals surface area contributed by atoms with E-state index in [1.165, 1.54) is 15.9 Å². The summed E-state index contributed by atoms with van der Waals surface area (Å²) in [5.41, 5.74) is 0.700. The van der Waals surface area contributed by atoms with E-state index < -0.39 is 29.9 Å². The lowest BCUT2D eigenvalue weighted by Gasteiger charge is -2.35. The molecule has 0 spiro atoms. The first-order valence-electron chi connectivity index (χ1n) is 11.9. The van der Waals surface area contributed by atoms with Gasteiger partial charge < -0.3 is 25.3 Å². The standard InChI is InChI=1S/C24H27N7O6/c32-20(33)8-7-17(23(35)29-11-13-30(14-12-29)24(36)37)27-22(34)18-15-19(31-10-4-9-25-31)28-21(26-18)16-5-2-1-3-6-16/h1-3,5-6,9,15,17H,4,7-8,10-14H2,(H,27,34)(H,32,33)(H,36,37)/t17-/m0/s1. The summed E-state index contributed by atoms with van der Waals surface area (Å²) in [6.45, 7) is 1.15. The van der Waals surface area contributed by atoms with Crippen molar-refractivity contribution < 1.29 is 29.4 Å². The molecule has 1 aromatic carbocycles. The van der Waals surface area contributed by atoms with Crippen LogP contribution < -0.4 is 10.3 Å². The van der Waals surface area contributed by atoms with Gasteiger partial charge in [0.1, 0.15) is 11.7 Å². The first kappa shape index (κ1) is 25.5. The first-order valence-corrected chi connectivity index (χ1v) is 11.9. The third-order valence-electron chi connectivity index (χ3n) is 6.04. The number of amides is 3. The number of hydrazone groups is 1. The summed E-state index contributed by atoms with van der Waals surface area (Å²) in [7, 11) is 0. The number of benzene rings is 1. The fraction of sp³-hybridized carbons (Fsp3) is 0.375. The van der Waals surface area contributed by atoms with Crippen molar-refractivity contribution in [3.05, 3.63) is 42.1 Å². The molecule has 2 aromatic rings. The number of aliphatic carboxylic acids is 1. The zero-order valence-corrected chi connectivity index (χ0v) is 20.0. The highest BCUT2D eigenvalue weighted by molar-refractivity contribution is 5.97. The number of carbonyl (C=O) groups excluding carboxylic acids is 2. The number of piperazine rings is 1. The minimum atomic E-state index is -1.12. The Bertz CT molecular complexity index is 1200. The number of carbonyl (C=O) groups is 4. The van der Waals surface area contributed by atoms with Gasteiger partial charge in [-0.25, -0.2) is 19.8 Å². The maximum absolute atomic E-state index is 13.3. The molecule has 13 nitrogen and oxygen atoms in total. The average Bonchev–Trinajstić information content (AvgIpc) is 3.46. The Kier molecular flexibility index (Phi) is 7.91. The van der Waals surface area contributed by atoms with Gasteiger partial charge in [0.25, 0.3) is 5.91 Å². The topological polar surface area (TPSA) is 169 Å². The normalized spacial score (nSPS) is 15.9. The van der Waals surface area contributed by atoms with Crippen LogP contribution in [0.3, 0.4) is 0 Å². The van der Waals surface area contributed by atoms with Crippen LogP contribution in [-0.2, 0) is 9.59 Å². The van der Waals surface area contributed by atoms with E-state index in [4.69, 9.17) is 5.11 Å². The van der Waals surface area contributed by atoms with Gasteiger partial charge in [0.15, 0.2) is 11.6 Å². The van der Waals surface area contributed by atoms with Crippen molar-refractivity contribution in [1.29, 1.82) is 0 Å². The van der Waals surface area contributed by atoms with E-state index in [2.05, 4.69) is 20.4 Å². The molecule has 3 heterocycles. The quantitative estimate of drug-likeness (QED) is 0.472. The molecule has 2 aliphatic heterocycles. The molecule has 13 heteroatoms. The number of hydrogen-bond acceptors (Lipinski definition) is 8. The number of carboxylic acid groups (broad SMARTS) is 2. The van der Waals surface area contributed by atoms with E-state index in [0.717, 1.165) is 6.42 Å². The highest BCUT2D eigenvalue weighted by Crippen LogP contribution is 2.22. The minimum Gasteiger partial charge on any atom is -0.481 e. The fourth-order valence-corrected chi connectivity index (χ4v) is 4.06. The van der Waals surface area contributed by atoms with Crippen molar-refractivity contribution in [2.75, 3.05) is 37.7 Å². The maximum atomic E-state index is 13.3. The lowest BCUT2D eigenvalue weighted by atomic mass is 10.1. The maximum Gasteiger partial charge on any atom is 0.407 e. The second-order valence-electron chi connectivity index (χ2n) is 8.56. The summed E-state index contributed by atoms with van der Waals surface area (Å²) in [6.07, 6.45) is 0.943. The molecule has 194 valence electrons. The van der Waals surface area contributed by atoms with E-state index in [-0.39, 0.29) is 44.7 Å². The van der Waals surface area contributed by atoms with E-state index in [0.29, 0.717) is 23.8 Å². The number of aromatic nitrogens is 2. The van der Waals surface area contributed by atoms with Crippen molar-refractivity contribution >= 4 is 35.9 Å². The molecule has 1 saturated heterocycles. The van der Waals surface area contributed by atoms with E-state index in [1.807, 2.05) is 30.3 Å². The van der Waals surface area contributed by atoms with Crippen molar-refractivity contribution in [1.82, 2.24) is 25.1 Å². The van der Waals surface area contributed by atoms with Crippen LogP contribution in [0.5, 0.6) is 0 Å². The highest BCUT2D eigenvalue weighted by Gasteiger charge is 2.31. The summed E-state index contributed by atoms with van der Waals surface area (Å²) in [5.74, 6) is -1.50. The molecule has 0 radical (unpaired) electrons. The molecule has 2 aliphatic rings. The molecule has 3 amide bonds. The number of hydrogen-bond donors (Lipinski definition) is 3. The third kappa shape index (κ3) is 6.37. The molecule has 0 bridgehead atoms. The summed E-state index contributed by atoms with van der Waals surface area (Å²) in [4.78, 5) is 60.5. The Morgan fingerprint density at radius 3 is 2.27 bits per heavy atom. The molecule has 37 heavy (non-hydrogen) atoms. The number of anilines is 1. The van der Waals surface area contributed by atoms with Crippen LogP contribution in [0.2, 0.25) is 0 Å². The monoisotopic (exact) mass is 509 g/mol. The van der Waals surface area contributed by atoms with E-state index in [1.54, 1.807) is 11.2 Å².